The molecule has 1 aromatic heterocycles. The van der Waals surface area contributed by atoms with Gasteiger partial charge in [-0.3, -0.25) is 4.98 Å². The SMILES string of the molecule is COc1ncc(C(C)C)nc1C(C)C. The Morgan fingerprint density at radius 3 is 2.21 bits per heavy atom. The van der Waals surface area contributed by atoms with Crippen LogP contribution in [0.4, 0.5) is 0 Å². The van der Waals surface area contributed by atoms with Crippen LogP contribution in [-0.2, 0) is 0 Å². The molecule has 0 amide bonds. The summed E-state index contributed by atoms with van der Waals surface area (Å²) in [4.78, 5) is 8.81. The Labute approximate surface area is 85.5 Å². The van der Waals surface area contributed by atoms with Crippen molar-refractivity contribution >= 4 is 0 Å². The number of aromatic nitrogens is 2. The molecule has 0 fully saturated rings. The first-order chi connectivity index (χ1) is 6.56. The highest BCUT2D eigenvalue weighted by molar-refractivity contribution is 5.23. The van der Waals surface area contributed by atoms with Gasteiger partial charge in [0.15, 0.2) is 0 Å². The third-order valence-corrected chi connectivity index (χ3v) is 2.11. The second kappa shape index (κ2) is 4.40. The normalized spacial score (nSPS) is 11.1. The summed E-state index contributed by atoms with van der Waals surface area (Å²) in [5.41, 5.74) is 1.97. The smallest absolute Gasteiger partial charge is 0.235 e. The van der Waals surface area contributed by atoms with Crippen LogP contribution in [0.1, 0.15) is 50.9 Å². The van der Waals surface area contributed by atoms with Crippen LogP contribution >= 0.6 is 0 Å². The van der Waals surface area contributed by atoms with Gasteiger partial charge in [0.05, 0.1) is 19.0 Å². The standard InChI is InChI=1S/C11H18N2O/c1-7(2)9-6-12-11(14-5)10(13-9)8(3)4/h6-8H,1-5H3. The lowest BCUT2D eigenvalue weighted by Gasteiger charge is -2.12. The van der Waals surface area contributed by atoms with Gasteiger partial charge < -0.3 is 4.74 Å². The molecule has 78 valence electrons. The zero-order valence-electron chi connectivity index (χ0n) is 9.53. The van der Waals surface area contributed by atoms with E-state index >= 15 is 0 Å². The van der Waals surface area contributed by atoms with E-state index in [1.54, 1.807) is 13.3 Å². The van der Waals surface area contributed by atoms with Gasteiger partial charge in [-0.15, -0.1) is 0 Å². The molecule has 0 aromatic carbocycles. The summed E-state index contributed by atoms with van der Waals surface area (Å²) in [6.07, 6.45) is 1.79. The van der Waals surface area contributed by atoms with Gasteiger partial charge in [0.25, 0.3) is 0 Å². The van der Waals surface area contributed by atoms with Gasteiger partial charge >= 0.3 is 0 Å². The molecule has 3 nitrogen and oxygen atoms in total. The van der Waals surface area contributed by atoms with Crippen LogP contribution in [-0.4, -0.2) is 17.1 Å². The molecule has 0 aliphatic heterocycles. The molecule has 1 rings (SSSR count). The average Bonchev–Trinajstić information content (AvgIpc) is 2.16. The highest BCUT2D eigenvalue weighted by Crippen LogP contribution is 2.23. The van der Waals surface area contributed by atoms with Crippen molar-refractivity contribution in [2.45, 2.75) is 39.5 Å². The van der Waals surface area contributed by atoms with Gasteiger partial charge in [-0.25, -0.2) is 4.98 Å². The predicted molar refractivity (Wildman–Crippen MR) is 56.8 cm³/mol. The van der Waals surface area contributed by atoms with Crippen LogP contribution in [0.5, 0.6) is 5.88 Å². The van der Waals surface area contributed by atoms with E-state index in [0.29, 0.717) is 17.7 Å². The Hall–Kier alpha value is -1.12. The van der Waals surface area contributed by atoms with Crippen LogP contribution in [0.2, 0.25) is 0 Å². The number of methoxy groups -OCH3 is 1. The van der Waals surface area contributed by atoms with Gasteiger partial charge in [0, 0.05) is 5.92 Å². The largest absolute Gasteiger partial charge is 0.480 e. The molecule has 1 aromatic rings. The fourth-order valence-corrected chi connectivity index (χ4v) is 1.22. The van der Waals surface area contributed by atoms with Crippen molar-refractivity contribution in [1.29, 1.82) is 0 Å². The molecule has 3 heteroatoms. The second-order valence-electron chi connectivity index (χ2n) is 4.00. The van der Waals surface area contributed by atoms with E-state index < -0.39 is 0 Å². The van der Waals surface area contributed by atoms with Crippen LogP contribution in [0, 0.1) is 0 Å². The van der Waals surface area contributed by atoms with E-state index in [1.165, 1.54) is 0 Å². The fourth-order valence-electron chi connectivity index (χ4n) is 1.22. The molecule has 0 saturated heterocycles. The van der Waals surface area contributed by atoms with E-state index in [0.717, 1.165) is 11.4 Å². The first kappa shape index (κ1) is 11.0. The lowest BCUT2D eigenvalue weighted by atomic mass is 10.1. The van der Waals surface area contributed by atoms with Gasteiger partial charge in [-0.05, 0) is 5.92 Å². The van der Waals surface area contributed by atoms with Crippen LogP contribution in [0.15, 0.2) is 6.20 Å². The van der Waals surface area contributed by atoms with Crippen molar-refractivity contribution in [1.82, 2.24) is 9.97 Å². The fraction of sp³-hybridized carbons (Fsp3) is 0.636. The molecule has 1 heterocycles. The summed E-state index contributed by atoms with van der Waals surface area (Å²) >= 11 is 0. The average molecular weight is 194 g/mol. The maximum Gasteiger partial charge on any atom is 0.235 e. The molecule has 0 saturated carbocycles. The molecule has 0 N–H and O–H groups in total. The maximum absolute atomic E-state index is 5.17. The quantitative estimate of drug-likeness (QED) is 0.742. The Morgan fingerprint density at radius 2 is 1.79 bits per heavy atom. The lowest BCUT2D eigenvalue weighted by Crippen LogP contribution is -2.04. The van der Waals surface area contributed by atoms with E-state index in [1.807, 2.05) is 0 Å². The van der Waals surface area contributed by atoms with E-state index in [2.05, 4.69) is 37.7 Å². The van der Waals surface area contributed by atoms with Gasteiger partial charge in [-0.1, -0.05) is 27.7 Å². The third kappa shape index (κ3) is 2.22. The minimum atomic E-state index is 0.344. The highest BCUT2D eigenvalue weighted by Gasteiger charge is 2.12. The number of hydrogen-bond acceptors (Lipinski definition) is 3. The first-order valence-electron chi connectivity index (χ1n) is 4.97. The van der Waals surface area contributed by atoms with Gasteiger partial charge in [-0.2, -0.15) is 0 Å². The van der Waals surface area contributed by atoms with Crippen molar-refractivity contribution < 1.29 is 4.74 Å². The molecule has 0 aliphatic carbocycles. The summed E-state index contributed by atoms with van der Waals surface area (Å²) in [5.74, 6) is 1.39. The molecule has 0 unspecified atom stereocenters. The second-order valence-corrected chi connectivity index (χ2v) is 4.00. The van der Waals surface area contributed by atoms with Crippen molar-refractivity contribution in [3.05, 3.63) is 17.6 Å². The minimum Gasteiger partial charge on any atom is -0.480 e. The highest BCUT2D eigenvalue weighted by atomic mass is 16.5. The summed E-state index contributed by atoms with van der Waals surface area (Å²) in [7, 11) is 1.63. The molecule has 0 bridgehead atoms. The number of nitrogens with zero attached hydrogens (tertiary/aromatic N) is 2. The van der Waals surface area contributed by atoms with Crippen LogP contribution in [0.3, 0.4) is 0 Å². The number of rotatable bonds is 3. The maximum atomic E-state index is 5.17. The van der Waals surface area contributed by atoms with Crippen molar-refractivity contribution in [2.24, 2.45) is 0 Å². The molecule has 14 heavy (non-hydrogen) atoms. The zero-order valence-corrected chi connectivity index (χ0v) is 9.53. The third-order valence-electron chi connectivity index (χ3n) is 2.11. The minimum absolute atomic E-state index is 0.344. The van der Waals surface area contributed by atoms with Crippen molar-refractivity contribution in [3.63, 3.8) is 0 Å². The van der Waals surface area contributed by atoms with Gasteiger partial charge in [0.1, 0.15) is 5.69 Å². The summed E-state index contributed by atoms with van der Waals surface area (Å²) in [5, 5.41) is 0. The number of hydrogen-bond donors (Lipinski definition) is 0. The Balaban J connectivity index is 3.14. The van der Waals surface area contributed by atoms with Crippen molar-refractivity contribution in [2.75, 3.05) is 7.11 Å². The zero-order chi connectivity index (χ0) is 10.7. The Bertz CT molecular complexity index is 308. The molecular weight excluding hydrogens is 176 g/mol. The monoisotopic (exact) mass is 194 g/mol. The molecule has 0 spiro atoms. The predicted octanol–water partition coefficient (Wildman–Crippen LogP) is 2.73. The van der Waals surface area contributed by atoms with E-state index in [9.17, 15) is 0 Å². The molecular formula is C11H18N2O. The van der Waals surface area contributed by atoms with Crippen LogP contribution in [0.25, 0.3) is 0 Å². The molecule has 0 atom stereocenters. The van der Waals surface area contributed by atoms with Crippen molar-refractivity contribution in [3.8, 4) is 5.88 Å². The van der Waals surface area contributed by atoms with Gasteiger partial charge in [0.2, 0.25) is 5.88 Å². The lowest BCUT2D eigenvalue weighted by molar-refractivity contribution is 0.385. The molecule has 0 aliphatic rings. The topological polar surface area (TPSA) is 35.0 Å². The summed E-state index contributed by atoms with van der Waals surface area (Å²) in [6, 6.07) is 0. The van der Waals surface area contributed by atoms with Crippen LogP contribution < -0.4 is 4.74 Å². The van der Waals surface area contributed by atoms with E-state index in [-0.39, 0.29) is 0 Å². The summed E-state index contributed by atoms with van der Waals surface area (Å²) < 4.78 is 5.17. The Kier molecular flexibility index (Phi) is 3.44. The molecule has 0 radical (unpaired) electrons. The first-order valence-corrected chi connectivity index (χ1v) is 4.97. The summed E-state index contributed by atoms with van der Waals surface area (Å²) in [6.45, 7) is 8.41. The Morgan fingerprint density at radius 1 is 1.14 bits per heavy atom. The number of ether oxygens (including phenoxy) is 1. The van der Waals surface area contributed by atoms with E-state index in [4.69, 9.17) is 4.74 Å².